The first-order valence-electron chi connectivity index (χ1n) is 10.5. The van der Waals surface area contributed by atoms with Crippen molar-refractivity contribution in [1.82, 2.24) is 14.9 Å². The molecule has 1 aromatic rings. The Labute approximate surface area is 163 Å². The van der Waals surface area contributed by atoms with Crippen molar-refractivity contribution >= 4 is 0 Å². The Hall–Kier alpha value is -0.830. The zero-order chi connectivity index (χ0) is 20.0. The molecule has 0 saturated carbocycles. The minimum atomic E-state index is 0.381. The van der Waals surface area contributed by atoms with Crippen molar-refractivity contribution < 1.29 is 0 Å². The lowest BCUT2D eigenvalue weighted by molar-refractivity contribution is 0.0595. The number of piperidine rings is 1. The Balaban J connectivity index is 0.000000263. The Kier molecular flexibility index (Phi) is 8.38. The molecule has 26 heavy (non-hydrogen) atoms. The highest BCUT2D eigenvalue weighted by Crippen LogP contribution is 2.32. The second kappa shape index (κ2) is 9.39. The van der Waals surface area contributed by atoms with Gasteiger partial charge in [-0.1, -0.05) is 54.9 Å². The molecule has 2 heterocycles. The van der Waals surface area contributed by atoms with Gasteiger partial charge in [-0.2, -0.15) is 0 Å². The van der Waals surface area contributed by atoms with E-state index < -0.39 is 0 Å². The molecule has 1 atom stereocenters. The van der Waals surface area contributed by atoms with E-state index in [1.54, 1.807) is 0 Å². The van der Waals surface area contributed by atoms with Gasteiger partial charge in [0.25, 0.3) is 0 Å². The predicted octanol–water partition coefficient (Wildman–Crippen LogP) is 6.64. The highest BCUT2D eigenvalue weighted by Gasteiger charge is 2.31. The molecule has 1 aliphatic heterocycles. The van der Waals surface area contributed by atoms with Gasteiger partial charge in [-0.15, -0.1) is 0 Å². The molecule has 152 valence electrons. The number of nitrogens with one attached hydrogen (secondary N) is 1. The maximum atomic E-state index is 4.24. The van der Waals surface area contributed by atoms with Gasteiger partial charge in [-0.25, -0.2) is 4.98 Å². The van der Waals surface area contributed by atoms with Crippen LogP contribution in [-0.4, -0.2) is 33.5 Å². The standard InChI is InChI=1S/C13H27N.C10H18N2/c1-12(2,3)11-13(4,5)14-9-7-6-8-10-14;1-8(7-10(2,3)4)9-11-5-6-12-9/h6-11H2,1-5H3;5-6,8H,7H2,1-4H3,(H,11,12). The molecular weight excluding hydrogens is 318 g/mol. The lowest BCUT2D eigenvalue weighted by atomic mass is 9.80. The first kappa shape index (κ1) is 23.2. The number of H-pyrrole nitrogens is 1. The number of hydrogen-bond acceptors (Lipinski definition) is 2. The molecule has 1 unspecified atom stereocenters. The summed E-state index contributed by atoms with van der Waals surface area (Å²) in [7, 11) is 0. The summed E-state index contributed by atoms with van der Waals surface area (Å²) in [5.74, 6) is 1.63. The summed E-state index contributed by atoms with van der Waals surface area (Å²) in [6, 6.07) is 0. The molecule has 2 rings (SSSR count). The summed E-state index contributed by atoms with van der Waals surface area (Å²) in [5, 5.41) is 0. The topological polar surface area (TPSA) is 31.9 Å². The van der Waals surface area contributed by atoms with E-state index in [0.29, 0.717) is 22.3 Å². The number of hydrogen-bond donors (Lipinski definition) is 1. The number of aromatic amines is 1. The van der Waals surface area contributed by atoms with Crippen LogP contribution in [0.5, 0.6) is 0 Å². The molecule has 0 aliphatic carbocycles. The van der Waals surface area contributed by atoms with Gasteiger partial charge in [0.2, 0.25) is 0 Å². The van der Waals surface area contributed by atoms with Crippen LogP contribution in [0.2, 0.25) is 0 Å². The summed E-state index contributed by atoms with van der Waals surface area (Å²) in [5.41, 5.74) is 1.21. The van der Waals surface area contributed by atoms with Gasteiger partial charge in [0, 0.05) is 23.9 Å². The monoisotopic (exact) mass is 363 g/mol. The fraction of sp³-hybridized carbons (Fsp3) is 0.870. The first-order chi connectivity index (χ1) is 11.8. The van der Waals surface area contributed by atoms with Crippen LogP contribution in [-0.2, 0) is 0 Å². The minimum absolute atomic E-state index is 0.381. The van der Waals surface area contributed by atoms with Crippen molar-refractivity contribution in [3.63, 3.8) is 0 Å². The fourth-order valence-electron chi connectivity index (χ4n) is 4.47. The van der Waals surface area contributed by atoms with Crippen LogP contribution in [0.15, 0.2) is 12.4 Å². The average molecular weight is 364 g/mol. The zero-order valence-electron chi connectivity index (χ0n) is 19.1. The summed E-state index contributed by atoms with van der Waals surface area (Å²) < 4.78 is 0. The lowest BCUT2D eigenvalue weighted by Crippen LogP contribution is -2.48. The maximum Gasteiger partial charge on any atom is 0.108 e. The minimum Gasteiger partial charge on any atom is -0.348 e. The van der Waals surface area contributed by atoms with Gasteiger partial charge in [0.1, 0.15) is 5.82 Å². The van der Waals surface area contributed by atoms with E-state index in [9.17, 15) is 0 Å². The third-order valence-corrected chi connectivity index (χ3v) is 5.08. The predicted molar refractivity (Wildman–Crippen MR) is 115 cm³/mol. The SMILES string of the molecule is CC(C)(C)CC(C)(C)N1CCCCC1.CC(CC(C)(C)C)c1ncc[nH]1. The smallest absolute Gasteiger partial charge is 0.108 e. The molecule has 0 radical (unpaired) electrons. The fourth-order valence-corrected chi connectivity index (χ4v) is 4.47. The average Bonchev–Trinajstić information content (AvgIpc) is 2.99. The normalized spacial score (nSPS) is 18.2. The molecule has 1 saturated heterocycles. The number of imidazole rings is 1. The lowest BCUT2D eigenvalue weighted by Gasteiger charge is -2.44. The van der Waals surface area contributed by atoms with Crippen molar-refractivity contribution in [1.29, 1.82) is 0 Å². The molecule has 0 aromatic carbocycles. The Morgan fingerprint density at radius 2 is 1.54 bits per heavy atom. The zero-order valence-corrected chi connectivity index (χ0v) is 19.1. The van der Waals surface area contributed by atoms with E-state index in [4.69, 9.17) is 0 Å². The Morgan fingerprint density at radius 1 is 0.962 bits per heavy atom. The third kappa shape index (κ3) is 9.21. The molecule has 1 fully saturated rings. The highest BCUT2D eigenvalue weighted by molar-refractivity contribution is 4.96. The molecule has 1 N–H and O–H groups in total. The molecule has 1 aromatic heterocycles. The summed E-state index contributed by atoms with van der Waals surface area (Å²) in [6.45, 7) is 23.4. The highest BCUT2D eigenvalue weighted by atomic mass is 15.2. The number of likely N-dealkylation sites (tertiary alicyclic amines) is 1. The summed E-state index contributed by atoms with van der Waals surface area (Å²) in [4.78, 5) is 10.1. The first-order valence-corrected chi connectivity index (χ1v) is 10.5. The quantitative estimate of drug-likeness (QED) is 0.650. The molecule has 1 aliphatic rings. The van der Waals surface area contributed by atoms with Crippen LogP contribution in [0.1, 0.15) is 106 Å². The second-order valence-electron chi connectivity index (χ2n) is 11.2. The summed E-state index contributed by atoms with van der Waals surface area (Å²) >= 11 is 0. The van der Waals surface area contributed by atoms with Gasteiger partial charge in [-0.3, -0.25) is 4.90 Å². The Morgan fingerprint density at radius 3 is 1.96 bits per heavy atom. The summed E-state index contributed by atoms with van der Waals surface area (Å²) in [6.07, 6.45) is 10.4. The molecule has 3 heteroatoms. The van der Waals surface area contributed by atoms with E-state index in [2.05, 4.69) is 77.2 Å². The molecule has 3 nitrogen and oxygen atoms in total. The third-order valence-electron chi connectivity index (χ3n) is 5.08. The van der Waals surface area contributed by atoms with Gasteiger partial charge in [0.05, 0.1) is 0 Å². The Bertz CT molecular complexity index is 483. The van der Waals surface area contributed by atoms with Crippen LogP contribution in [0, 0.1) is 10.8 Å². The molecule has 0 bridgehead atoms. The van der Waals surface area contributed by atoms with E-state index in [1.807, 2.05) is 12.4 Å². The number of nitrogens with zero attached hydrogens (tertiary/aromatic N) is 2. The molecule has 0 amide bonds. The van der Waals surface area contributed by atoms with Gasteiger partial charge < -0.3 is 4.98 Å². The largest absolute Gasteiger partial charge is 0.348 e. The maximum absolute atomic E-state index is 4.24. The van der Waals surface area contributed by atoms with E-state index in [0.717, 1.165) is 5.82 Å². The van der Waals surface area contributed by atoms with Gasteiger partial charge in [0.15, 0.2) is 0 Å². The molecular formula is C23H45N3. The van der Waals surface area contributed by atoms with E-state index in [-0.39, 0.29) is 0 Å². The van der Waals surface area contributed by atoms with Crippen LogP contribution in [0.3, 0.4) is 0 Å². The van der Waals surface area contributed by atoms with Gasteiger partial charge >= 0.3 is 0 Å². The van der Waals surface area contributed by atoms with Crippen LogP contribution >= 0.6 is 0 Å². The van der Waals surface area contributed by atoms with Crippen molar-refractivity contribution in [3.8, 4) is 0 Å². The van der Waals surface area contributed by atoms with E-state index >= 15 is 0 Å². The van der Waals surface area contributed by atoms with Crippen molar-refractivity contribution in [2.45, 2.75) is 106 Å². The van der Waals surface area contributed by atoms with Crippen LogP contribution in [0.4, 0.5) is 0 Å². The van der Waals surface area contributed by atoms with Crippen LogP contribution in [0.25, 0.3) is 0 Å². The van der Waals surface area contributed by atoms with Crippen molar-refractivity contribution in [2.24, 2.45) is 10.8 Å². The number of rotatable bonds is 4. The molecule has 0 spiro atoms. The van der Waals surface area contributed by atoms with Crippen molar-refractivity contribution in [2.75, 3.05) is 13.1 Å². The van der Waals surface area contributed by atoms with Crippen LogP contribution < -0.4 is 0 Å². The van der Waals surface area contributed by atoms with Crippen molar-refractivity contribution in [3.05, 3.63) is 18.2 Å². The van der Waals surface area contributed by atoms with Gasteiger partial charge in [-0.05, 0) is 63.5 Å². The number of aromatic nitrogens is 2. The van der Waals surface area contributed by atoms with E-state index in [1.165, 1.54) is 45.2 Å². The second-order valence-corrected chi connectivity index (χ2v) is 11.2.